The number of rotatable bonds is 5. The van der Waals surface area contributed by atoms with Gasteiger partial charge >= 0.3 is 0 Å². The van der Waals surface area contributed by atoms with Crippen LogP contribution in [0.3, 0.4) is 0 Å². The van der Waals surface area contributed by atoms with Crippen LogP contribution >= 0.6 is 15.9 Å². The van der Waals surface area contributed by atoms with E-state index in [-0.39, 0.29) is 0 Å². The lowest BCUT2D eigenvalue weighted by molar-refractivity contribution is 0.390. The molecule has 0 aliphatic carbocycles. The molecule has 5 heteroatoms. The maximum absolute atomic E-state index is 5.30. The van der Waals surface area contributed by atoms with Crippen LogP contribution in [0.25, 0.3) is 10.9 Å². The Morgan fingerprint density at radius 1 is 1.22 bits per heavy atom. The Bertz CT molecular complexity index is 842. The molecule has 3 aromatic rings. The van der Waals surface area contributed by atoms with Crippen molar-refractivity contribution in [2.24, 2.45) is 7.05 Å². The molecule has 0 saturated heterocycles. The van der Waals surface area contributed by atoms with Crippen molar-refractivity contribution in [1.82, 2.24) is 14.9 Å². The molecule has 0 saturated carbocycles. The predicted octanol–water partition coefficient (Wildman–Crippen LogP) is 3.94. The number of aromatic nitrogens is 2. The molecule has 1 N–H and O–H groups in total. The van der Waals surface area contributed by atoms with Crippen molar-refractivity contribution < 1.29 is 4.74 Å². The van der Waals surface area contributed by atoms with Gasteiger partial charge in [0.1, 0.15) is 0 Å². The Hall–Kier alpha value is -1.85. The molecule has 0 aliphatic heterocycles. The Labute approximate surface area is 144 Å². The number of nitrogens with one attached hydrogen (secondary N) is 1. The third-order valence-corrected chi connectivity index (χ3v) is 4.51. The minimum Gasteiger partial charge on any atom is -0.481 e. The number of halogens is 1. The molecule has 2 heterocycles. The summed E-state index contributed by atoms with van der Waals surface area (Å²) >= 11 is 3.45. The van der Waals surface area contributed by atoms with Crippen LogP contribution in [0.1, 0.15) is 16.8 Å². The molecule has 0 atom stereocenters. The quantitative estimate of drug-likeness (QED) is 0.735. The molecule has 0 aliphatic rings. The van der Waals surface area contributed by atoms with E-state index in [0.29, 0.717) is 12.4 Å². The summed E-state index contributed by atoms with van der Waals surface area (Å²) in [4.78, 5) is 4.26. The summed E-state index contributed by atoms with van der Waals surface area (Å²) in [5.74, 6) is 0.662. The first-order chi connectivity index (χ1) is 11.1. The van der Waals surface area contributed by atoms with Crippen molar-refractivity contribution in [2.75, 3.05) is 7.11 Å². The van der Waals surface area contributed by atoms with Gasteiger partial charge in [-0.1, -0.05) is 6.07 Å². The minimum atomic E-state index is 0.662. The lowest BCUT2D eigenvalue weighted by Crippen LogP contribution is -2.13. The van der Waals surface area contributed by atoms with Crippen LogP contribution in [0.4, 0.5) is 0 Å². The van der Waals surface area contributed by atoms with Crippen molar-refractivity contribution >= 4 is 26.8 Å². The van der Waals surface area contributed by atoms with Crippen LogP contribution in [0, 0.1) is 6.92 Å². The number of methoxy groups -OCH3 is 1. The summed E-state index contributed by atoms with van der Waals surface area (Å²) in [6.45, 7) is 3.64. The first-order valence-corrected chi connectivity index (χ1v) is 8.32. The molecule has 0 radical (unpaired) electrons. The second-order valence-electron chi connectivity index (χ2n) is 5.66. The van der Waals surface area contributed by atoms with Gasteiger partial charge in [-0.3, -0.25) is 0 Å². The van der Waals surface area contributed by atoms with E-state index in [1.165, 1.54) is 22.2 Å². The first-order valence-electron chi connectivity index (χ1n) is 7.52. The maximum atomic E-state index is 5.30. The van der Waals surface area contributed by atoms with Gasteiger partial charge in [-0.05, 0) is 52.7 Å². The number of hydrogen-bond acceptors (Lipinski definition) is 3. The molecule has 4 nitrogen and oxygen atoms in total. The average molecular weight is 374 g/mol. The van der Waals surface area contributed by atoms with Gasteiger partial charge in [-0.15, -0.1) is 0 Å². The van der Waals surface area contributed by atoms with E-state index >= 15 is 0 Å². The monoisotopic (exact) mass is 373 g/mol. The molecule has 0 spiro atoms. The largest absolute Gasteiger partial charge is 0.481 e. The van der Waals surface area contributed by atoms with Crippen LogP contribution < -0.4 is 10.1 Å². The fourth-order valence-electron chi connectivity index (χ4n) is 2.77. The zero-order chi connectivity index (χ0) is 16.4. The van der Waals surface area contributed by atoms with Crippen LogP contribution in [0.5, 0.6) is 5.88 Å². The third kappa shape index (κ3) is 3.41. The molecule has 2 aromatic heterocycles. The van der Waals surface area contributed by atoms with Crippen molar-refractivity contribution in [3.05, 3.63) is 57.8 Å². The molecule has 0 bridgehead atoms. The number of pyridine rings is 1. The number of benzene rings is 1. The number of fused-ring (bicyclic) bond motifs is 1. The van der Waals surface area contributed by atoms with Gasteiger partial charge in [0, 0.05) is 53.0 Å². The summed E-state index contributed by atoms with van der Waals surface area (Å²) in [5, 5.41) is 4.74. The van der Waals surface area contributed by atoms with Crippen LogP contribution in [-0.4, -0.2) is 16.7 Å². The SMILES string of the molecule is COc1ncc(Br)cc1CNCc1ccc2c(c1)cc(C)n2C. The van der Waals surface area contributed by atoms with Crippen molar-refractivity contribution in [2.45, 2.75) is 20.0 Å². The van der Waals surface area contributed by atoms with Crippen molar-refractivity contribution in [1.29, 1.82) is 0 Å². The van der Waals surface area contributed by atoms with E-state index in [1.54, 1.807) is 13.3 Å². The second-order valence-corrected chi connectivity index (χ2v) is 6.58. The van der Waals surface area contributed by atoms with E-state index in [4.69, 9.17) is 4.74 Å². The van der Waals surface area contributed by atoms with Crippen molar-refractivity contribution in [3.8, 4) is 5.88 Å². The highest BCUT2D eigenvalue weighted by Gasteiger charge is 2.06. The Balaban J connectivity index is 1.70. The Kier molecular flexibility index (Phi) is 4.68. The summed E-state index contributed by atoms with van der Waals surface area (Å²) in [7, 11) is 3.74. The fraction of sp³-hybridized carbons (Fsp3) is 0.278. The molecular weight excluding hydrogens is 354 g/mol. The number of ether oxygens (including phenoxy) is 1. The Morgan fingerprint density at radius 3 is 2.83 bits per heavy atom. The van der Waals surface area contributed by atoms with Crippen LogP contribution in [-0.2, 0) is 20.1 Å². The topological polar surface area (TPSA) is 39.1 Å². The second kappa shape index (κ2) is 6.72. The van der Waals surface area contributed by atoms with Gasteiger partial charge < -0.3 is 14.6 Å². The van der Waals surface area contributed by atoms with E-state index in [1.807, 2.05) is 6.07 Å². The summed E-state index contributed by atoms with van der Waals surface area (Å²) < 4.78 is 8.47. The van der Waals surface area contributed by atoms with Crippen LogP contribution in [0.15, 0.2) is 41.0 Å². The van der Waals surface area contributed by atoms with Gasteiger partial charge in [-0.2, -0.15) is 0 Å². The lowest BCUT2D eigenvalue weighted by Gasteiger charge is -2.09. The molecule has 1 aromatic carbocycles. The molecule has 120 valence electrons. The van der Waals surface area contributed by atoms with E-state index in [0.717, 1.165) is 16.6 Å². The fourth-order valence-corrected chi connectivity index (χ4v) is 3.15. The predicted molar refractivity (Wildman–Crippen MR) is 96.7 cm³/mol. The van der Waals surface area contributed by atoms with Crippen LogP contribution in [0.2, 0.25) is 0 Å². The normalized spacial score (nSPS) is 11.1. The zero-order valence-corrected chi connectivity index (χ0v) is 15.1. The van der Waals surface area contributed by atoms with Gasteiger partial charge in [0.25, 0.3) is 0 Å². The van der Waals surface area contributed by atoms with Gasteiger partial charge in [0.05, 0.1) is 7.11 Å². The van der Waals surface area contributed by atoms with Crippen molar-refractivity contribution in [3.63, 3.8) is 0 Å². The van der Waals surface area contributed by atoms with E-state index in [9.17, 15) is 0 Å². The molecule has 23 heavy (non-hydrogen) atoms. The highest BCUT2D eigenvalue weighted by Crippen LogP contribution is 2.21. The summed E-state index contributed by atoms with van der Waals surface area (Å²) in [5.41, 5.74) is 4.85. The number of nitrogens with zero attached hydrogens (tertiary/aromatic N) is 2. The van der Waals surface area contributed by atoms with E-state index < -0.39 is 0 Å². The van der Waals surface area contributed by atoms with Gasteiger partial charge in [0.15, 0.2) is 0 Å². The summed E-state index contributed by atoms with van der Waals surface area (Å²) in [6.07, 6.45) is 1.74. The number of aryl methyl sites for hydroxylation is 2. The average Bonchev–Trinajstić information content (AvgIpc) is 2.82. The first kappa shape index (κ1) is 16.0. The standard InChI is InChI=1S/C18H20BrN3O/c1-12-6-14-7-13(4-5-17(14)22(12)2)9-20-10-15-8-16(19)11-21-18(15)23-3/h4-8,11,20H,9-10H2,1-3H3. The van der Waals surface area contributed by atoms with Gasteiger partial charge in [-0.25, -0.2) is 4.98 Å². The number of hydrogen-bond donors (Lipinski definition) is 1. The maximum Gasteiger partial charge on any atom is 0.217 e. The van der Waals surface area contributed by atoms with Gasteiger partial charge in [0.2, 0.25) is 5.88 Å². The van der Waals surface area contributed by atoms with E-state index in [2.05, 4.69) is 69.0 Å². The molecule has 0 fully saturated rings. The lowest BCUT2D eigenvalue weighted by atomic mass is 10.1. The molecule has 3 rings (SSSR count). The molecule has 0 amide bonds. The highest BCUT2D eigenvalue weighted by atomic mass is 79.9. The minimum absolute atomic E-state index is 0.662. The summed E-state index contributed by atoms with van der Waals surface area (Å²) in [6, 6.07) is 10.8. The highest BCUT2D eigenvalue weighted by molar-refractivity contribution is 9.10. The molecule has 0 unspecified atom stereocenters. The third-order valence-electron chi connectivity index (χ3n) is 4.08. The smallest absolute Gasteiger partial charge is 0.217 e. The zero-order valence-electron chi connectivity index (χ0n) is 13.6. The Morgan fingerprint density at radius 2 is 2.04 bits per heavy atom. The molecular formula is C18H20BrN3O.